The minimum Gasteiger partial charge on any atom is -0.395 e. The smallest absolute Gasteiger partial charge is 0.177 e. The lowest BCUT2D eigenvalue weighted by Crippen LogP contribution is -2.33. The molecule has 0 aromatic heterocycles. The molecular formula is C17H27NO2. The van der Waals surface area contributed by atoms with Crippen LogP contribution in [0, 0.1) is 20.8 Å². The Kier molecular flexibility index (Phi) is 6.89. The molecular weight excluding hydrogens is 250 g/mol. The summed E-state index contributed by atoms with van der Waals surface area (Å²) in [5.41, 5.74) is 4.23. The molecule has 0 bridgehead atoms. The molecule has 0 fully saturated rings. The molecule has 0 spiro atoms. The van der Waals surface area contributed by atoms with Crippen LogP contribution in [0.4, 0.5) is 0 Å². The molecule has 1 N–H and O–H groups in total. The first-order valence-corrected chi connectivity index (χ1v) is 7.43. The van der Waals surface area contributed by atoms with Crippen LogP contribution in [0.15, 0.2) is 12.1 Å². The quantitative estimate of drug-likeness (QED) is 0.743. The van der Waals surface area contributed by atoms with E-state index in [0.717, 1.165) is 36.1 Å². The highest BCUT2D eigenvalue weighted by Crippen LogP contribution is 2.16. The van der Waals surface area contributed by atoms with Gasteiger partial charge in [0, 0.05) is 12.1 Å². The zero-order valence-electron chi connectivity index (χ0n) is 13.2. The SMILES string of the molecule is CCCCN(CCO)CC(=O)c1cc(C)c(C)cc1C. The van der Waals surface area contributed by atoms with Crippen LogP contribution < -0.4 is 0 Å². The van der Waals surface area contributed by atoms with E-state index in [1.54, 1.807) is 0 Å². The third-order valence-corrected chi connectivity index (χ3v) is 3.75. The Bertz CT molecular complexity index is 455. The number of aliphatic hydroxyl groups excluding tert-OH is 1. The maximum Gasteiger partial charge on any atom is 0.177 e. The number of Topliss-reactive ketones (excluding diaryl/α,β-unsaturated/α-hetero) is 1. The van der Waals surface area contributed by atoms with E-state index in [1.807, 2.05) is 24.8 Å². The lowest BCUT2D eigenvalue weighted by Gasteiger charge is -2.21. The van der Waals surface area contributed by atoms with Crippen LogP contribution in [0.1, 0.15) is 46.8 Å². The van der Waals surface area contributed by atoms with Crippen molar-refractivity contribution in [2.75, 3.05) is 26.2 Å². The first-order chi connectivity index (χ1) is 9.49. The summed E-state index contributed by atoms with van der Waals surface area (Å²) in [7, 11) is 0. The van der Waals surface area contributed by atoms with Crippen molar-refractivity contribution in [2.24, 2.45) is 0 Å². The predicted octanol–water partition coefficient (Wildman–Crippen LogP) is 2.89. The molecule has 3 nitrogen and oxygen atoms in total. The molecule has 0 aliphatic rings. The third kappa shape index (κ3) is 4.73. The summed E-state index contributed by atoms with van der Waals surface area (Å²) < 4.78 is 0. The zero-order chi connectivity index (χ0) is 15.1. The highest BCUT2D eigenvalue weighted by molar-refractivity contribution is 5.99. The van der Waals surface area contributed by atoms with Crippen LogP contribution in [0.25, 0.3) is 0 Å². The number of unbranched alkanes of at least 4 members (excludes halogenated alkanes) is 1. The van der Waals surface area contributed by atoms with Crippen LogP contribution in [-0.2, 0) is 0 Å². The van der Waals surface area contributed by atoms with Gasteiger partial charge in [-0.25, -0.2) is 0 Å². The van der Waals surface area contributed by atoms with E-state index in [4.69, 9.17) is 5.11 Å². The number of rotatable bonds is 8. The largest absolute Gasteiger partial charge is 0.395 e. The van der Waals surface area contributed by atoms with Gasteiger partial charge in [0.05, 0.1) is 13.2 Å². The minimum atomic E-state index is 0.100. The molecule has 0 aliphatic heterocycles. The molecule has 3 heteroatoms. The van der Waals surface area contributed by atoms with E-state index < -0.39 is 0 Å². The van der Waals surface area contributed by atoms with Crippen molar-refractivity contribution in [3.8, 4) is 0 Å². The zero-order valence-corrected chi connectivity index (χ0v) is 13.2. The summed E-state index contributed by atoms with van der Waals surface area (Å²) in [6.45, 7) is 10.1. The van der Waals surface area contributed by atoms with Crippen LogP contribution >= 0.6 is 0 Å². The van der Waals surface area contributed by atoms with Gasteiger partial charge in [-0.3, -0.25) is 9.69 Å². The number of nitrogens with zero attached hydrogens (tertiary/aromatic N) is 1. The highest BCUT2D eigenvalue weighted by Gasteiger charge is 2.14. The van der Waals surface area contributed by atoms with Crippen molar-refractivity contribution in [3.05, 3.63) is 34.4 Å². The van der Waals surface area contributed by atoms with Crippen molar-refractivity contribution in [1.29, 1.82) is 0 Å². The summed E-state index contributed by atoms with van der Waals surface area (Å²) in [6, 6.07) is 4.06. The molecule has 1 aromatic carbocycles. The van der Waals surface area contributed by atoms with Crippen LogP contribution in [0.2, 0.25) is 0 Å². The van der Waals surface area contributed by atoms with Gasteiger partial charge in [0.2, 0.25) is 0 Å². The Balaban J connectivity index is 2.80. The molecule has 112 valence electrons. The van der Waals surface area contributed by atoms with Gasteiger partial charge in [0.15, 0.2) is 5.78 Å². The van der Waals surface area contributed by atoms with Gasteiger partial charge in [-0.2, -0.15) is 0 Å². The monoisotopic (exact) mass is 277 g/mol. The fraction of sp³-hybridized carbons (Fsp3) is 0.588. The van der Waals surface area contributed by atoms with Crippen LogP contribution in [0.3, 0.4) is 0 Å². The maximum absolute atomic E-state index is 12.5. The molecule has 0 amide bonds. The molecule has 0 atom stereocenters. The van der Waals surface area contributed by atoms with Gasteiger partial charge < -0.3 is 5.11 Å². The molecule has 20 heavy (non-hydrogen) atoms. The molecule has 1 rings (SSSR count). The standard InChI is InChI=1S/C17H27NO2/c1-5-6-7-18(8-9-19)12-17(20)16-11-14(3)13(2)10-15(16)4/h10-11,19H,5-9,12H2,1-4H3. The van der Waals surface area contributed by atoms with Crippen molar-refractivity contribution in [2.45, 2.75) is 40.5 Å². The first-order valence-electron chi connectivity index (χ1n) is 7.43. The van der Waals surface area contributed by atoms with Crippen molar-refractivity contribution in [3.63, 3.8) is 0 Å². The summed E-state index contributed by atoms with van der Waals surface area (Å²) in [4.78, 5) is 14.5. The Labute approximate surface area is 122 Å². The molecule has 1 aromatic rings. The van der Waals surface area contributed by atoms with Crippen molar-refractivity contribution >= 4 is 5.78 Å². The molecule has 0 saturated carbocycles. The molecule has 0 radical (unpaired) electrons. The maximum atomic E-state index is 12.5. The van der Waals surface area contributed by atoms with Gasteiger partial charge in [-0.15, -0.1) is 0 Å². The number of benzene rings is 1. The number of hydrogen-bond acceptors (Lipinski definition) is 3. The average molecular weight is 277 g/mol. The lowest BCUT2D eigenvalue weighted by atomic mass is 9.98. The Morgan fingerprint density at radius 1 is 1.10 bits per heavy atom. The highest BCUT2D eigenvalue weighted by atomic mass is 16.3. The molecule has 0 aliphatic carbocycles. The number of aryl methyl sites for hydroxylation is 3. The van der Waals surface area contributed by atoms with E-state index in [9.17, 15) is 4.79 Å². The number of carbonyl (C=O) groups is 1. The topological polar surface area (TPSA) is 40.5 Å². The first kappa shape index (κ1) is 16.9. The van der Waals surface area contributed by atoms with E-state index in [0.29, 0.717) is 13.1 Å². The number of aliphatic hydroxyl groups is 1. The molecule has 0 saturated heterocycles. The summed E-state index contributed by atoms with van der Waals surface area (Å²) in [5, 5.41) is 9.10. The van der Waals surface area contributed by atoms with Crippen LogP contribution in [-0.4, -0.2) is 42.0 Å². The van der Waals surface area contributed by atoms with Gasteiger partial charge in [-0.1, -0.05) is 19.4 Å². The molecule has 0 unspecified atom stereocenters. The summed E-state index contributed by atoms with van der Waals surface area (Å²) in [6.07, 6.45) is 2.15. The second-order valence-corrected chi connectivity index (χ2v) is 5.53. The van der Waals surface area contributed by atoms with E-state index >= 15 is 0 Å². The normalized spacial score (nSPS) is 11.1. The number of hydrogen-bond donors (Lipinski definition) is 1. The predicted molar refractivity (Wildman–Crippen MR) is 83.4 cm³/mol. The van der Waals surface area contributed by atoms with Gasteiger partial charge in [-0.05, 0) is 56.5 Å². The fourth-order valence-corrected chi connectivity index (χ4v) is 2.34. The molecule has 0 heterocycles. The van der Waals surface area contributed by atoms with Gasteiger partial charge >= 0.3 is 0 Å². The Morgan fingerprint density at radius 3 is 2.35 bits per heavy atom. The van der Waals surface area contributed by atoms with Crippen LogP contribution in [0.5, 0.6) is 0 Å². The van der Waals surface area contributed by atoms with Crippen molar-refractivity contribution < 1.29 is 9.90 Å². The number of carbonyl (C=O) groups excluding carboxylic acids is 1. The van der Waals surface area contributed by atoms with Gasteiger partial charge in [0.1, 0.15) is 0 Å². The second kappa shape index (κ2) is 8.18. The summed E-state index contributed by atoms with van der Waals surface area (Å²) in [5.74, 6) is 0.148. The average Bonchev–Trinajstić information content (AvgIpc) is 2.40. The Hall–Kier alpha value is -1.19. The van der Waals surface area contributed by atoms with Gasteiger partial charge in [0.25, 0.3) is 0 Å². The number of ketones is 1. The minimum absolute atomic E-state index is 0.100. The third-order valence-electron chi connectivity index (χ3n) is 3.75. The Morgan fingerprint density at radius 2 is 1.75 bits per heavy atom. The fourth-order valence-electron chi connectivity index (χ4n) is 2.34. The van der Waals surface area contributed by atoms with E-state index in [2.05, 4.69) is 19.9 Å². The van der Waals surface area contributed by atoms with E-state index in [-0.39, 0.29) is 12.4 Å². The lowest BCUT2D eigenvalue weighted by molar-refractivity contribution is 0.0913. The van der Waals surface area contributed by atoms with Crippen molar-refractivity contribution in [1.82, 2.24) is 4.90 Å². The second-order valence-electron chi connectivity index (χ2n) is 5.53. The summed E-state index contributed by atoms with van der Waals surface area (Å²) >= 11 is 0. The van der Waals surface area contributed by atoms with E-state index in [1.165, 1.54) is 5.56 Å².